The Balaban J connectivity index is 3.43. The summed E-state index contributed by atoms with van der Waals surface area (Å²) in [5.41, 5.74) is -1.39. The molecule has 0 bridgehead atoms. The van der Waals surface area contributed by atoms with Crippen LogP contribution in [0.25, 0.3) is 0 Å². The molecule has 0 radical (unpaired) electrons. The molecule has 1 heterocycles. The average molecular weight is 261 g/mol. The summed E-state index contributed by atoms with van der Waals surface area (Å²) in [5, 5.41) is -1.51. The molecule has 9 heteroatoms. The van der Waals surface area contributed by atoms with Crippen LogP contribution in [0.2, 0.25) is 5.15 Å². The van der Waals surface area contributed by atoms with E-state index in [1.54, 1.807) is 0 Å². The average Bonchev–Trinajstić information content (AvgIpc) is 1.99. The number of hydrogen-bond acceptors (Lipinski definition) is 4. The molecular formula is C6H4ClF3N2O2S. The first-order valence-corrected chi connectivity index (χ1v) is 5.69. The highest BCUT2D eigenvalue weighted by atomic mass is 35.5. The normalized spacial score (nSPS) is 12.9. The van der Waals surface area contributed by atoms with E-state index in [4.69, 9.17) is 11.6 Å². The molecule has 0 saturated heterocycles. The second-order valence-corrected chi connectivity index (χ2v) is 4.93. The minimum atomic E-state index is -4.76. The fraction of sp³-hybridized carbons (Fsp3) is 0.333. The van der Waals surface area contributed by atoms with Gasteiger partial charge in [0.25, 0.3) is 0 Å². The van der Waals surface area contributed by atoms with Crippen LogP contribution in [0, 0.1) is 0 Å². The highest BCUT2D eigenvalue weighted by Gasteiger charge is 2.34. The van der Waals surface area contributed by atoms with Gasteiger partial charge in [0.1, 0.15) is 5.15 Å². The molecule has 0 aliphatic rings. The second-order valence-electron chi connectivity index (χ2n) is 2.63. The molecule has 1 aromatic heterocycles. The van der Waals surface area contributed by atoms with Gasteiger partial charge in [-0.3, -0.25) is 0 Å². The predicted molar refractivity (Wildman–Crippen MR) is 45.2 cm³/mol. The molecule has 0 saturated carbocycles. The number of halogens is 4. The van der Waals surface area contributed by atoms with Gasteiger partial charge < -0.3 is 0 Å². The Labute approximate surface area is 88.0 Å². The van der Waals surface area contributed by atoms with Crippen LogP contribution in [-0.2, 0) is 16.0 Å². The van der Waals surface area contributed by atoms with Gasteiger partial charge in [0, 0.05) is 12.3 Å². The third kappa shape index (κ3) is 3.03. The van der Waals surface area contributed by atoms with Crippen molar-refractivity contribution < 1.29 is 21.6 Å². The van der Waals surface area contributed by atoms with Crippen molar-refractivity contribution in [1.82, 2.24) is 9.97 Å². The molecule has 0 amide bonds. The number of sulfone groups is 1. The Morgan fingerprint density at radius 2 is 1.87 bits per heavy atom. The molecule has 84 valence electrons. The molecule has 0 unspecified atom stereocenters. The summed E-state index contributed by atoms with van der Waals surface area (Å²) in [5.74, 6) is 0. The largest absolute Gasteiger partial charge is 0.433 e. The maximum absolute atomic E-state index is 12.2. The lowest BCUT2D eigenvalue weighted by molar-refractivity contribution is -0.141. The maximum Gasteiger partial charge on any atom is 0.433 e. The van der Waals surface area contributed by atoms with Gasteiger partial charge in [-0.15, -0.1) is 0 Å². The quantitative estimate of drug-likeness (QED) is 0.568. The van der Waals surface area contributed by atoms with E-state index in [9.17, 15) is 21.6 Å². The summed E-state index contributed by atoms with van der Waals surface area (Å²) < 4.78 is 58.4. The standard InChI is InChI=1S/C6H4ClF3N2O2S/c1-15(13,14)5-11-3(6(8,9)10)2-4(7)12-5/h2H,1H3. The summed E-state index contributed by atoms with van der Waals surface area (Å²) in [7, 11) is -3.91. The van der Waals surface area contributed by atoms with Crippen molar-refractivity contribution >= 4 is 21.4 Å². The van der Waals surface area contributed by atoms with Gasteiger partial charge in [-0.25, -0.2) is 18.4 Å². The van der Waals surface area contributed by atoms with Crippen LogP contribution in [0.5, 0.6) is 0 Å². The lowest BCUT2D eigenvalue weighted by atomic mass is 10.4. The maximum atomic E-state index is 12.2. The predicted octanol–water partition coefficient (Wildman–Crippen LogP) is 1.55. The zero-order valence-corrected chi connectivity index (χ0v) is 8.78. The molecule has 4 nitrogen and oxygen atoms in total. The van der Waals surface area contributed by atoms with Crippen molar-refractivity contribution in [1.29, 1.82) is 0 Å². The van der Waals surface area contributed by atoms with Crippen molar-refractivity contribution in [3.05, 3.63) is 16.9 Å². The molecule has 0 aromatic carbocycles. The van der Waals surface area contributed by atoms with Gasteiger partial charge >= 0.3 is 6.18 Å². The van der Waals surface area contributed by atoms with Crippen molar-refractivity contribution in [2.75, 3.05) is 6.26 Å². The zero-order chi connectivity index (χ0) is 11.9. The van der Waals surface area contributed by atoms with Gasteiger partial charge in [-0.05, 0) is 0 Å². The topological polar surface area (TPSA) is 59.9 Å². The van der Waals surface area contributed by atoms with E-state index in [0.717, 1.165) is 0 Å². The van der Waals surface area contributed by atoms with Crippen LogP contribution in [0.3, 0.4) is 0 Å². The van der Waals surface area contributed by atoms with Crippen LogP contribution in [0.1, 0.15) is 5.69 Å². The Morgan fingerprint density at radius 3 is 2.27 bits per heavy atom. The van der Waals surface area contributed by atoms with Gasteiger partial charge in [-0.2, -0.15) is 13.2 Å². The fourth-order valence-electron chi connectivity index (χ4n) is 0.708. The fourth-order valence-corrected chi connectivity index (χ4v) is 1.47. The van der Waals surface area contributed by atoms with E-state index >= 15 is 0 Å². The van der Waals surface area contributed by atoms with Crippen molar-refractivity contribution in [2.45, 2.75) is 11.3 Å². The summed E-state index contributed by atoms with van der Waals surface area (Å²) in [6.07, 6.45) is -4.06. The molecule has 1 aromatic rings. The van der Waals surface area contributed by atoms with Crippen LogP contribution >= 0.6 is 11.6 Å². The Hall–Kier alpha value is -0.890. The third-order valence-electron chi connectivity index (χ3n) is 1.30. The third-order valence-corrected chi connectivity index (χ3v) is 2.34. The van der Waals surface area contributed by atoms with Gasteiger partial charge in [0.2, 0.25) is 15.0 Å². The van der Waals surface area contributed by atoms with Crippen molar-refractivity contribution in [3.8, 4) is 0 Å². The minimum Gasteiger partial charge on any atom is -0.221 e. The van der Waals surface area contributed by atoms with Crippen LogP contribution < -0.4 is 0 Å². The molecule has 0 spiro atoms. The lowest BCUT2D eigenvalue weighted by Gasteiger charge is -2.06. The minimum absolute atomic E-state index is 0.455. The number of nitrogens with zero attached hydrogens (tertiary/aromatic N) is 2. The van der Waals surface area contributed by atoms with Crippen LogP contribution in [0.4, 0.5) is 13.2 Å². The molecule has 0 aliphatic carbocycles. The van der Waals surface area contributed by atoms with E-state index in [0.29, 0.717) is 12.3 Å². The van der Waals surface area contributed by atoms with E-state index in [1.165, 1.54) is 0 Å². The van der Waals surface area contributed by atoms with Gasteiger partial charge in [0.05, 0.1) is 0 Å². The van der Waals surface area contributed by atoms with Gasteiger partial charge in [-0.1, -0.05) is 11.6 Å². The number of rotatable bonds is 1. The first kappa shape index (κ1) is 12.2. The number of alkyl halides is 3. The van der Waals surface area contributed by atoms with E-state index in [-0.39, 0.29) is 0 Å². The van der Waals surface area contributed by atoms with Crippen molar-refractivity contribution in [2.24, 2.45) is 0 Å². The zero-order valence-electron chi connectivity index (χ0n) is 7.21. The van der Waals surface area contributed by atoms with Crippen molar-refractivity contribution in [3.63, 3.8) is 0 Å². The molecule has 15 heavy (non-hydrogen) atoms. The highest BCUT2D eigenvalue weighted by Crippen LogP contribution is 2.29. The molecule has 0 aliphatic heterocycles. The Kier molecular flexibility index (Phi) is 2.92. The first-order valence-electron chi connectivity index (χ1n) is 3.42. The smallest absolute Gasteiger partial charge is 0.221 e. The lowest BCUT2D eigenvalue weighted by Crippen LogP contribution is -2.13. The van der Waals surface area contributed by atoms with E-state index in [1.807, 2.05) is 0 Å². The number of aromatic nitrogens is 2. The molecule has 0 atom stereocenters. The molecular weight excluding hydrogens is 257 g/mol. The summed E-state index contributed by atoms with van der Waals surface area (Å²) in [4.78, 5) is 6.05. The first-order chi connectivity index (χ1) is 6.60. The monoisotopic (exact) mass is 260 g/mol. The molecule has 1 rings (SSSR count). The summed E-state index contributed by atoms with van der Waals surface area (Å²) >= 11 is 5.25. The highest BCUT2D eigenvalue weighted by molar-refractivity contribution is 7.90. The summed E-state index contributed by atoms with van der Waals surface area (Å²) in [6.45, 7) is 0. The Morgan fingerprint density at radius 1 is 1.33 bits per heavy atom. The van der Waals surface area contributed by atoms with E-state index < -0.39 is 32.0 Å². The summed E-state index contributed by atoms with van der Waals surface area (Å²) in [6, 6.07) is 0.455. The second kappa shape index (κ2) is 3.60. The number of hydrogen-bond donors (Lipinski definition) is 0. The van der Waals surface area contributed by atoms with Crippen LogP contribution in [-0.4, -0.2) is 24.6 Å². The van der Waals surface area contributed by atoms with E-state index in [2.05, 4.69) is 9.97 Å². The molecule has 0 fully saturated rings. The van der Waals surface area contributed by atoms with Gasteiger partial charge in [0.15, 0.2) is 5.69 Å². The van der Waals surface area contributed by atoms with Crippen LogP contribution in [0.15, 0.2) is 11.2 Å². The Bertz CT molecular complexity index is 486. The molecule has 0 N–H and O–H groups in total. The SMILES string of the molecule is CS(=O)(=O)c1nc(Cl)cc(C(F)(F)F)n1.